The number of fused-ring (bicyclic) bond motifs is 1. The third-order valence-electron chi connectivity index (χ3n) is 5.18. The predicted octanol–water partition coefficient (Wildman–Crippen LogP) is 4.01. The highest BCUT2D eigenvalue weighted by Crippen LogP contribution is 2.27. The number of hydrogen-bond acceptors (Lipinski definition) is 7. The van der Waals surface area contributed by atoms with Crippen LogP contribution in [0.5, 0.6) is 0 Å². The van der Waals surface area contributed by atoms with Crippen LogP contribution in [-0.2, 0) is 6.54 Å². The van der Waals surface area contributed by atoms with E-state index in [9.17, 15) is 5.11 Å². The van der Waals surface area contributed by atoms with Crippen molar-refractivity contribution >= 4 is 22.9 Å². The summed E-state index contributed by atoms with van der Waals surface area (Å²) in [6, 6.07) is 3.97. The van der Waals surface area contributed by atoms with E-state index in [-0.39, 0.29) is 17.5 Å². The van der Waals surface area contributed by atoms with Gasteiger partial charge in [-0.25, -0.2) is 4.98 Å². The third kappa shape index (κ3) is 4.87. The molecular weight excluding hydrogens is 378 g/mol. The van der Waals surface area contributed by atoms with Crippen molar-refractivity contribution in [1.82, 2.24) is 24.5 Å². The van der Waals surface area contributed by atoms with E-state index >= 15 is 0 Å². The first kappa shape index (κ1) is 22.0. The van der Waals surface area contributed by atoms with Crippen LogP contribution in [-0.4, -0.2) is 41.8 Å². The summed E-state index contributed by atoms with van der Waals surface area (Å²) in [4.78, 5) is 18.2. The molecule has 3 rings (SSSR count). The molecule has 3 N–H and O–H groups in total. The quantitative estimate of drug-likeness (QED) is 0.515. The number of hydrogen-bond donors (Lipinski definition) is 3. The number of nitrogens with zero attached hydrogens (tertiary/aromatic N) is 5. The third-order valence-corrected chi connectivity index (χ3v) is 5.18. The van der Waals surface area contributed by atoms with Crippen LogP contribution in [0.3, 0.4) is 0 Å². The van der Waals surface area contributed by atoms with E-state index in [1.54, 1.807) is 12.5 Å². The Kier molecular flexibility index (Phi) is 6.55. The highest BCUT2D eigenvalue weighted by atomic mass is 16.3. The molecule has 3 heterocycles. The topological polar surface area (TPSA) is 101 Å². The zero-order chi connectivity index (χ0) is 21.9. The minimum absolute atomic E-state index is 0.163. The molecule has 0 amide bonds. The minimum Gasteiger partial charge on any atom is -0.390 e. The molecule has 3 aromatic heterocycles. The van der Waals surface area contributed by atoms with Crippen molar-refractivity contribution in [1.29, 1.82) is 0 Å². The molecule has 2 atom stereocenters. The summed E-state index contributed by atoms with van der Waals surface area (Å²) in [5, 5.41) is 17.5. The molecule has 8 heteroatoms. The second-order valence-electron chi connectivity index (χ2n) is 9.00. The van der Waals surface area contributed by atoms with Gasteiger partial charge in [0.15, 0.2) is 17.0 Å². The molecule has 3 aromatic rings. The Morgan fingerprint density at radius 3 is 2.57 bits per heavy atom. The summed E-state index contributed by atoms with van der Waals surface area (Å²) in [6.45, 7) is 12.9. The summed E-state index contributed by atoms with van der Waals surface area (Å²) in [6.07, 6.45) is 5.59. The summed E-state index contributed by atoms with van der Waals surface area (Å²) >= 11 is 0. The first-order chi connectivity index (χ1) is 14.2. The molecule has 0 saturated heterocycles. The average Bonchev–Trinajstić information content (AvgIpc) is 3.14. The maximum atomic E-state index is 10.8. The fourth-order valence-electron chi connectivity index (χ4n) is 3.34. The van der Waals surface area contributed by atoms with Gasteiger partial charge in [-0.05, 0) is 37.3 Å². The van der Waals surface area contributed by atoms with Gasteiger partial charge in [0, 0.05) is 25.0 Å². The number of aromatic nitrogens is 5. The predicted molar refractivity (Wildman–Crippen MR) is 120 cm³/mol. The van der Waals surface area contributed by atoms with Crippen molar-refractivity contribution in [2.24, 2.45) is 5.41 Å². The number of anilines is 2. The molecule has 0 unspecified atom stereocenters. The van der Waals surface area contributed by atoms with Gasteiger partial charge < -0.3 is 20.3 Å². The van der Waals surface area contributed by atoms with Gasteiger partial charge in [0.2, 0.25) is 5.95 Å². The Bertz CT molecular complexity index is 963. The Morgan fingerprint density at radius 2 is 1.97 bits per heavy atom. The molecule has 0 fully saturated rings. The molecule has 0 aromatic carbocycles. The number of imidazole rings is 1. The van der Waals surface area contributed by atoms with E-state index in [1.165, 1.54) is 0 Å². The maximum absolute atomic E-state index is 10.8. The smallest absolute Gasteiger partial charge is 0.227 e. The van der Waals surface area contributed by atoms with Crippen LogP contribution >= 0.6 is 0 Å². The normalized spacial score (nSPS) is 14.1. The average molecular weight is 412 g/mol. The van der Waals surface area contributed by atoms with Crippen molar-refractivity contribution in [3.8, 4) is 0 Å². The summed E-state index contributed by atoms with van der Waals surface area (Å²) < 4.78 is 2.03. The second-order valence-corrected chi connectivity index (χ2v) is 9.00. The molecule has 0 bridgehead atoms. The fourth-order valence-corrected chi connectivity index (χ4v) is 3.34. The highest BCUT2D eigenvalue weighted by Gasteiger charge is 2.30. The SMILES string of the molecule is CC[C@@H](Nc1nc(NCc2cccnc2)c2ncn(C(C)C)c2n1)[C@H](O)C(C)(C)C. The first-order valence-electron chi connectivity index (χ1n) is 10.5. The lowest BCUT2D eigenvalue weighted by atomic mass is 9.84. The van der Waals surface area contributed by atoms with Gasteiger partial charge in [-0.1, -0.05) is 33.8 Å². The number of rotatable bonds is 8. The van der Waals surface area contributed by atoms with E-state index in [2.05, 4.69) is 34.4 Å². The summed E-state index contributed by atoms with van der Waals surface area (Å²) in [7, 11) is 0. The zero-order valence-corrected chi connectivity index (χ0v) is 18.7. The molecule has 0 aliphatic carbocycles. The van der Waals surface area contributed by atoms with Crippen molar-refractivity contribution < 1.29 is 5.11 Å². The number of aliphatic hydroxyl groups excluding tert-OH is 1. The van der Waals surface area contributed by atoms with Crippen LogP contribution in [0.15, 0.2) is 30.9 Å². The largest absolute Gasteiger partial charge is 0.390 e. The van der Waals surface area contributed by atoms with Crippen LogP contribution in [0.25, 0.3) is 11.2 Å². The summed E-state index contributed by atoms with van der Waals surface area (Å²) in [5.74, 6) is 1.14. The van der Waals surface area contributed by atoms with Gasteiger partial charge in [0.25, 0.3) is 0 Å². The minimum atomic E-state index is -0.538. The van der Waals surface area contributed by atoms with Gasteiger partial charge in [-0.2, -0.15) is 9.97 Å². The van der Waals surface area contributed by atoms with Crippen LogP contribution < -0.4 is 10.6 Å². The molecule has 8 nitrogen and oxygen atoms in total. The molecule has 162 valence electrons. The number of nitrogens with one attached hydrogen (secondary N) is 2. The van der Waals surface area contributed by atoms with Crippen LogP contribution in [0.1, 0.15) is 59.6 Å². The van der Waals surface area contributed by atoms with Crippen molar-refractivity contribution in [2.75, 3.05) is 10.6 Å². The van der Waals surface area contributed by atoms with Gasteiger partial charge >= 0.3 is 0 Å². The first-order valence-corrected chi connectivity index (χ1v) is 10.5. The van der Waals surface area contributed by atoms with Crippen LogP contribution in [0.4, 0.5) is 11.8 Å². The molecular formula is C22H33N7O. The standard InChI is InChI=1S/C22H33N7O/c1-7-16(18(30)22(4,5)6)26-21-27-19(24-12-15-9-8-10-23-11-15)17-20(28-21)29(13-25-17)14(2)3/h8-11,13-14,16,18,30H,7,12H2,1-6H3,(H2,24,26,27,28)/t16-,18+/m1/s1. The highest BCUT2D eigenvalue weighted by molar-refractivity contribution is 5.84. The van der Waals surface area contributed by atoms with Gasteiger partial charge in [0.05, 0.1) is 18.5 Å². The molecule has 0 saturated carbocycles. The Hall–Kier alpha value is -2.74. The van der Waals surface area contributed by atoms with Crippen LogP contribution in [0.2, 0.25) is 0 Å². The van der Waals surface area contributed by atoms with Gasteiger partial charge in [0.1, 0.15) is 0 Å². The molecule has 0 spiro atoms. The zero-order valence-electron chi connectivity index (χ0n) is 18.7. The van der Waals surface area contributed by atoms with E-state index in [4.69, 9.17) is 9.97 Å². The van der Waals surface area contributed by atoms with E-state index < -0.39 is 6.10 Å². The van der Waals surface area contributed by atoms with E-state index in [0.29, 0.717) is 18.3 Å². The Labute approximate surface area is 178 Å². The van der Waals surface area contributed by atoms with Crippen molar-refractivity contribution in [2.45, 2.75) is 72.7 Å². The monoisotopic (exact) mass is 411 g/mol. The molecule has 0 aliphatic rings. The summed E-state index contributed by atoms with van der Waals surface area (Å²) in [5.41, 5.74) is 2.29. The van der Waals surface area contributed by atoms with Gasteiger partial charge in [-0.15, -0.1) is 0 Å². The maximum Gasteiger partial charge on any atom is 0.227 e. The second kappa shape index (κ2) is 8.95. The van der Waals surface area contributed by atoms with Crippen LogP contribution in [0, 0.1) is 5.41 Å². The molecule has 0 radical (unpaired) electrons. The lowest BCUT2D eigenvalue weighted by Gasteiger charge is -2.33. The van der Waals surface area contributed by atoms with Gasteiger partial charge in [-0.3, -0.25) is 4.98 Å². The number of aliphatic hydroxyl groups is 1. The van der Waals surface area contributed by atoms with Crippen molar-refractivity contribution in [3.63, 3.8) is 0 Å². The lowest BCUT2D eigenvalue weighted by molar-refractivity contribution is 0.0451. The lowest BCUT2D eigenvalue weighted by Crippen LogP contribution is -2.42. The Balaban J connectivity index is 1.96. The fraction of sp³-hybridized carbons (Fsp3) is 0.545. The molecule has 30 heavy (non-hydrogen) atoms. The molecule has 0 aliphatic heterocycles. The van der Waals surface area contributed by atoms with E-state index in [0.717, 1.165) is 23.1 Å². The Morgan fingerprint density at radius 1 is 1.20 bits per heavy atom. The van der Waals surface area contributed by atoms with Crippen molar-refractivity contribution in [3.05, 3.63) is 36.4 Å². The number of pyridine rings is 1. The van der Waals surface area contributed by atoms with E-state index in [1.807, 2.05) is 50.6 Å².